The number of carbonyl (C=O) groups is 1. The minimum Gasteiger partial charge on any atom is -0.479 e. The maximum Gasteiger partial charge on any atom is 0.332 e. The second kappa shape index (κ2) is 15.0. The second-order valence-corrected chi connectivity index (χ2v) is 5.17. The standard InChI is InChI=1S/C18H30O3/c1-2-3-4-5-6-7-8-9-10-11-12-13-14-15-16-17(19)18(20)21/h6-7,9-10,12-13,17,19H,2-5,8,11,14-16H2,1H3,(H,20,21)/b7-6+,10-9+,13-12+. The summed E-state index contributed by atoms with van der Waals surface area (Å²) in [5.74, 6) is -1.13. The molecule has 1 unspecified atom stereocenters. The molecule has 0 rings (SSSR count). The molecule has 0 aromatic rings. The predicted molar refractivity (Wildman–Crippen MR) is 88.3 cm³/mol. The highest BCUT2D eigenvalue weighted by molar-refractivity contribution is 5.71. The van der Waals surface area contributed by atoms with Crippen LogP contribution in [-0.2, 0) is 4.79 Å². The molecule has 0 amide bonds. The summed E-state index contributed by atoms with van der Waals surface area (Å²) >= 11 is 0. The minimum absolute atomic E-state index is 0.318. The number of allylic oxidation sites excluding steroid dienone is 6. The molecule has 0 saturated heterocycles. The predicted octanol–water partition coefficient (Wildman–Crippen LogP) is 4.63. The van der Waals surface area contributed by atoms with Gasteiger partial charge in [0.1, 0.15) is 0 Å². The lowest BCUT2D eigenvalue weighted by atomic mass is 10.1. The van der Waals surface area contributed by atoms with Crippen LogP contribution in [0.1, 0.15) is 64.7 Å². The molecule has 0 heterocycles. The molecule has 0 bridgehead atoms. The van der Waals surface area contributed by atoms with Crippen LogP contribution in [0.4, 0.5) is 0 Å². The number of carboxylic acids is 1. The number of carboxylic acid groups (broad SMARTS) is 1. The SMILES string of the molecule is CCCCC/C=C/C/C=C/C/C=C/CCCC(O)C(=O)O. The first-order valence-electron chi connectivity index (χ1n) is 8.04. The lowest BCUT2D eigenvalue weighted by Gasteiger charge is -2.02. The van der Waals surface area contributed by atoms with Gasteiger partial charge in [-0.2, -0.15) is 0 Å². The summed E-state index contributed by atoms with van der Waals surface area (Å²) in [5.41, 5.74) is 0. The molecule has 0 radical (unpaired) electrons. The zero-order chi connectivity index (χ0) is 15.8. The number of aliphatic hydroxyl groups excluding tert-OH is 1. The maximum absolute atomic E-state index is 10.4. The van der Waals surface area contributed by atoms with Crippen LogP contribution < -0.4 is 0 Å². The van der Waals surface area contributed by atoms with E-state index in [-0.39, 0.29) is 0 Å². The van der Waals surface area contributed by atoms with Gasteiger partial charge < -0.3 is 10.2 Å². The van der Waals surface area contributed by atoms with Crippen LogP contribution in [0.3, 0.4) is 0 Å². The van der Waals surface area contributed by atoms with Gasteiger partial charge in [0, 0.05) is 0 Å². The maximum atomic E-state index is 10.4. The van der Waals surface area contributed by atoms with E-state index in [1.54, 1.807) is 0 Å². The first-order chi connectivity index (χ1) is 10.2. The Hall–Kier alpha value is -1.35. The highest BCUT2D eigenvalue weighted by Crippen LogP contribution is 2.03. The third-order valence-corrected chi connectivity index (χ3v) is 3.15. The van der Waals surface area contributed by atoms with Crippen molar-refractivity contribution in [2.24, 2.45) is 0 Å². The zero-order valence-corrected chi connectivity index (χ0v) is 13.2. The van der Waals surface area contributed by atoms with Crippen molar-refractivity contribution in [3.8, 4) is 0 Å². The van der Waals surface area contributed by atoms with Crippen LogP contribution in [-0.4, -0.2) is 22.3 Å². The van der Waals surface area contributed by atoms with E-state index in [9.17, 15) is 4.79 Å². The fraction of sp³-hybridized carbons (Fsp3) is 0.611. The second-order valence-electron chi connectivity index (χ2n) is 5.17. The molecule has 3 heteroatoms. The Balaban J connectivity index is 3.42. The Bertz CT molecular complexity index is 329. The fourth-order valence-electron chi connectivity index (χ4n) is 1.84. The molecule has 0 aliphatic heterocycles. The molecule has 0 fully saturated rings. The Morgan fingerprint density at radius 1 is 0.905 bits per heavy atom. The van der Waals surface area contributed by atoms with Gasteiger partial charge >= 0.3 is 5.97 Å². The van der Waals surface area contributed by atoms with Crippen molar-refractivity contribution in [2.75, 3.05) is 0 Å². The normalized spacial score (nSPS) is 13.6. The monoisotopic (exact) mass is 294 g/mol. The Morgan fingerprint density at radius 2 is 1.43 bits per heavy atom. The first kappa shape index (κ1) is 19.7. The summed E-state index contributed by atoms with van der Waals surface area (Å²) in [6, 6.07) is 0. The third-order valence-electron chi connectivity index (χ3n) is 3.15. The molecule has 2 N–H and O–H groups in total. The van der Waals surface area contributed by atoms with Crippen molar-refractivity contribution in [3.63, 3.8) is 0 Å². The van der Waals surface area contributed by atoms with Crippen molar-refractivity contribution < 1.29 is 15.0 Å². The summed E-state index contributed by atoms with van der Waals surface area (Å²) in [7, 11) is 0. The lowest BCUT2D eigenvalue weighted by molar-refractivity contribution is -0.146. The number of hydrogen-bond acceptors (Lipinski definition) is 2. The van der Waals surface area contributed by atoms with Gasteiger partial charge in [-0.3, -0.25) is 0 Å². The van der Waals surface area contributed by atoms with Crippen molar-refractivity contribution >= 4 is 5.97 Å². The average Bonchev–Trinajstić information content (AvgIpc) is 2.47. The van der Waals surface area contributed by atoms with Crippen LogP contribution in [0.15, 0.2) is 36.5 Å². The van der Waals surface area contributed by atoms with E-state index in [1.165, 1.54) is 25.7 Å². The summed E-state index contributed by atoms with van der Waals surface area (Å²) in [4.78, 5) is 10.4. The van der Waals surface area contributed by atoms with Gasteiger partial charge in [-0.1, -0.05) is 56.2 Å². The molecular formula is C18H30O3. The topological polar surface area (TPSA) is 57.5 Å². The van der Waals surface area contributed by atoms with Gasteiger partial charge in [0.05, 0.1) is 0 Å². The number of unbranched alkanes of at least 4 members (excludes halogenated alkanes) is 4. The number of aliphatic carboxylic acids is 1. The van der Waals surface area contributed by atoms with E-state index >= 15 is 0 Å². The summed E-state index contributed by atoms with van der Waals surface area (Å²) in [5, 5.41) is 17.6. The highest BCUT2D eigenvalue weighted by atomic mass is 16.4. The molecule has 3 nitrogen and oxygen atoms in total. The van der Waals surface area contributed by atoms with Crippen LogP contribution in [0, 0.1) is 0 Å². The Labute approximate surface area is 129 Å². The zero-order valence-electron chi connectivity index (χ0n) is 13.2. The van der Waals surface area contributed by atoms with Gasteiger partial charge in [-0.05, 0) is 44.9 Å². The smallest absolute Gasteiger partial charge is 0.332 e. The summed E-state index contributed by atoms with van der Waals surface area (Å²) in [6.45, 7) is 2.22. The van der Waals surface area contributed by atoms with E-state index in [0.29, 0.717) is 12.8 Å². The van der Waals surface area contributed by atoms with Gasteiger partial charge in [0.15, 0.2) is 6.10 Å². The van der Waals surface area contributed by atoms with E-state index in [4.69, 9.17) is 10.2 Å². The molecule has 0 saturated carbocycles. The van der Waals surface area contributed by atoms with Gasteiger partial charge in [-0.25, -0.2) is 4.79 Å². The molecule has 0 spiro atoms. The largest absolute Gasteiger partial charge is 0.479 e. The number of hydrogen-bond donors (Lipinski definition) is 2. The third kappa shape index (κ3) is 14.9. The lowest BCUT2D eigenvalue weighted by Crippen LogP contribution is -2.18. The molecule has 21 heavy (non-hydrogen) atoms. The molecule has 0 aromatic carbocycles. The van der Waals surface area contributed by atoms with Crippen molar-refractivity contribution in [3.05, 3.63) is 36.5 Å². The summed E-state index contributed by atoms with van der Waals surface area (Å²) in [6.07, 6.45) is 20.5. The number of aliphatic hydroxyl groups is 1. The molecule has 1 atom stereocenters. The first-order valence-corrected chi connectivity index (χ1v) is 8.04. The fourth-order valence-corrected chi connectivity index (χ4v) is 1.84. The van der Waals surface area contributed by atoms with Crippen molar-refractivity contribution in [2.45, 2.75) is 70.8 Å². The van der Waals surface area contributed by atoms with E-state index in [1.807, 2.05) is 6.08 Å². The molecular weight excluding hydrogens is 264 g/mol. The highest BCUT2D eigenvalue weighted by Gasteiger charge is 2.10. The molecule has 0 aromatic heterocycles. The number of rotatable bonds is 13. The molecule has 0 aliphatic carbocycles. The quantitative estimate of drug-likeness (QED) is 0.384. The molecule has 0 aliphatic rings. The minimum atomic E-state index is -1.22. The van der Waals surface area contributed by atoms with E-state index in [2.05, 4.69) is 37.3 Å². The average molecular weight is 294 g/mol. The van der Waals surface area contributed by atoms with Crippen molar-refractivity contribution in [1.29, 1.82) is 0 Å². The van der Waals surface area contributed by atoms with E-state index in [0.717, 1.165) is 19.3 Å². The van der Waals surface area contributed by atoms with Crippen LogP contribution in [0.2, 0.25) is 0 Å². The molecule has 120 valence electrons. The van der Waals surface area contributed by atoms with Crippen LogP contribution >= 0.6 is 0 Å². The van der Waals surface area contributed by atoms with Crippen LogP contribution in [0.25, 0.3) is 0 Å². The summed E-state index contributed by atoms with van der Waals surface area (Å²) < 4.78 is 0. The van der Waals surface area contributed by atoms with Gasteiger partial charge in [-0.15, -0.1) is 0 Å². The van der Waals surface area contributed by atoms with Crippen molar-refractivity contribution in [1.82, 2.24) is 0 Å². The van der Waals surface area contributed by atoms with E-state index < -0.39 is 12.1 Å². The van der Waals surface area contributed by atoms with Gasteiger partial charge in [0.2, 0.25) is 0 Å². The Kier molecular flexibility index (Phi) is 14.1. The van der Waals surface area contributed by atoms with Gasteiger partial charge in [0.25, 0.3) is 0 Å². The van der Waals surface area contributed by atoms with Crippen LogP contribution in [0.5, 0.6) is 0 Å². The Morgan fingerprint density at radius 3 is 1.95 bits per heavy atom.